The third-order valence-corrected chi connectivity index (χ3v) is 2.51. The number of H-pyrrole nitrogens is 1. The van der Waals surface area contributed by atoms with Crippen LogP contribution in [0.5, 0.6) is 0 Å². The van der Waals surface area contributed by atoms with E-state index in [0.29, 0.717) is 15.8 Å². The fraction of sp³-hybridized carbons (Fsp3) is 0.286. The first-order valence-corrected chi connectivity index (χ1v) is 5.25. The number of hydrogen-bond acceptors (Lipinski definition) is 4. The van der Waals surface area contributed by atoms with Crippen LogP contribution in [-0.2, 0) is 0 Å². The summed E-state index contributed by atoms with van der Waals surface area (Å²) in [5.41, 5.74) is 2.34. The SMILES string of the molecule is CSc1nc(Cl)c2n[nH]c(C)c2n1. The maximum absolute atomic E-state index is 5.91. The van der Waals surface area contributed by atoms with Crippen molar-refractivity contribution in [2.75, 3.05) is 6.26 Å². The number of aromatic amines is 1. The number of fused-ring (bicyclic) bond motifs is 1. The minimum absolute atomic E-state index is 0.402. The van der Waals surface area contributed by atoms with Crippen LogP contribution >= 0.6 is 23.4 Å². The summed E-state index contributed by atoms with van der Waals surface area (Å²) >= 11 is 7.37. The average Bonchev–Trinajstić information content (AvgIpc) is 2.48. The van der Waals surface area contributed by atoms with E-state index < -0.39 is 0 Å². The number of hydrogen-bond donors (Lipinski definition) is 1. The number of aromatic nitrogens is 4. The lowest BCUT2D eigenvalue weighted by atomic mass is 10.4. The van der Waals surface area contributed by atoms with E-state index in [4.69, 9.17) is 11.6 Å². The lowest BCUT2D eigenvalue weighted by Gasteiger charge is -1.96. The smallest absolute Gasteiger partial charge is 0.189 e. The van der Waals surface area contributed by atoms with E-state index in [0.717, 1.165) is 11.2 Å². The molecule has 68 valence electrons. The van der Waals surface area contributed by atoms with Crippen molar-refractivity contribution in [3.8, 4) is 0 Å². The predicted molar refractivity (Wildman–Crippen MR) is 53.2 cm³/mol. The van der Waals surface area contributed by atoms with E-state index in [1.54, 1.807) is 0 Å². The van der Waals surface area contributed by atoms with Gasteiger partial charge >= 0.3 is 0 Å². The highest BCUT2D eigenvalue weighted by Crippen LogP contribution is 2.22. The minimum Gasteiger partial charge on any atom is -0.280 e. The van der Waals surface area contributed by atoms with Gasteiger partial charge < -0.3 is 0 Å². The van der Waals surface area contributed by atoms with Crippen LogP contribution in [0.15, 0.2) is 5.16 Å². The van der Waals surface area contributed by atoms with Crippen molar-refractivity contribution in [3.63, 3.8) is 0 Å². The molecule has 2 aromatic rings. The lowest BCUT2D eigenvalue weighted by Crippen LogP contribution is -1.88. The summed E-state index contributed by atoms with van der Waals surface area (Å²) in [6.07, 6.45) is 1.91. The molecule has 0 aliphatic carbocycles. The molecule has 2 rings (SSSR count). The Morgan fingerprint density at radius 1 is 1.31 bits per heavy atom. The normalized spacial score (nSPS) is 11.0. The largest absolute Gasteiger partial charge is 0.280 e. The van der Waals surface area contributed by atoms with E-state index in [1.807, 2.05) is 13.2 Å². The summed E-state index contributed by atoms with van der Waals surface area (Å²) in [7, 11) is 0. The molecule has 0 unspecified atom stereocenters. The minimum atomic E-state index is 0.402. The maximum atomic E-state index is 5.91. The van der Waals surface area contributed by atoms with E-state index in [9.17, 15) is 0 Å². The Labute approximate surface area is 84.1 Å². The zero-order valence-electron chi connectivity index (χ0n) is 7.13. The second-order valence-corrected chi connectivity index (χ2v) is 3.68. The van der Waals surface area contributed by atoms with Gasteiger partial charge in [0, 0.05) is 0 Å². The van der Waals surface area contributed by atoms with Crippen LogP contribution in [-0.4, -0.2) is 26.4 Å². The van der Waals surface area contributed by atoms with Crippen LogP contribution in [0, 0.1) is 6.92 Å². The Kier molecular flexibility index (Phi) is 2.13. The molecule has 0 bridgehead atoms. The number of rotatable bonds is 1. The molecule has 1 N–H and O–H groups in total. The second kappa shape index (κ2) is 3.16. The number of aryl methyl sites for hydroxylation is 1. The van der Waals surface area contributed by atoms with E-state index in [1.165, 1.54) is 11.8 Å². The van der Waals surface area contributed by atoms with Gasteiger partial charge in [0.25, 0.3) is 0 Å². The van der Waals surface area contributed by atoms with Crippen molar-refractivity contribution < 1.29 is 0 Å². The molecule has 13 heavy (non-hydrogen) atoms. The van der Waals surface area contributed by atoms with Gasteiger partial charge in [-0.2, -0.15) is 5.10 Å². The van der Waals surface area contributed by atoms with Crippen LogP contribution in [0.1, 0.15) is 5.69 Å². The van der Waals surface area contributed by atoms with E-state index in [2.05, 4.69) is 20.2 Å². The zero-order chi connectivity index (χ0) is 9.42. The topological polar surface area (TPSA) is 54.5 Å². The third kappa shape index (κ3) is 1.38. The van der Waals surface area contributed by atoms with Gasteiger partial charge in [0.05, 0.1) is 5.69 Å². The summed E-state index contributed by atoms with van der Waals surface area (Å²) < 4.78 is 0. The molecule has 0 radical (unpaired) electrons. The number of nitrogens with one attached hydrogen (secondary N) is 1. The zero-order valence-corrected chi connectivity index (χ0v) is 8.70. The molecule has 0 atom stereocenters. The molecule has 6 heteroatoms. The molecular formula is C7H7ClN4S. The van der Waals surface area contributed by atoms with Gasteiger partial charge in [-0.15, -0.1) is 0 Å². The molecule has 0 saturated carbocycles. The predicted octanol–water partition coefficient (Wildman–Crippen LogP) is 2.04. The Morgan fingerprint density at radius 3 is 2.77 bits per heavy atom. The Balaban J connectivity index is 2.80. The van der Waals surface area contributed by atoms with Gasteiger partial charge in [0.1, 0.15) is 11.0 Å². The van der Waals surface area contributed by atoms with Gasteiger partial charge in [-0.1, -0.05) is 23.4 Å². The summed E-state index contributed by atoms with van der Waals surface area (Å²) in [5.74, 6) is 0. The fourth-order valence-corrected chi connectivity index (χ4v) is 1.68. The van der Waals surface area contributed by atoms with Gasteiger partial charge in [-0.25, -0.2) is 9.97 Å². The number of halogens is 1. The summed E-state index contributed by atoms with van der Waals surface area (Å²) in [4.78, 5) is 8.36. The first-order valence-electron chi connectivity index (χ1n) is 3.64. The summed E-state index contributed by atoms with van der Waals surface area (Å²) in [6, 6.07) is 0. The quantitative estimate of drug-likeness (QED) is 0.449. The number of nitrogens with zero attached hydrogens (tertiary/aromatic N) is 3. The molecule has 0 spiro atoms. The van der Waals surface area contributed by atoms with E-state index in [-0.39, 0.29) is 0 Å². The molecule has 0 aliphatic heterocycles. The Hall–Kier alpha value is -0.810. The molecule has 4 nitrogen and oxygen atoms in total. The molecule has 0 amide bonds. The Morgan fingerprint density at radius 2 is 2.08 bits per heavy atom. The molecule has 2 heterocycles. The van der Waals surface area contributed by atoms with Crippen LogP contribution in [0.4, 0.5) is 0 Å². The summed E-state index contributed by atoms with van der Waals surface area (Å²) in [6.45, 7) is 1.91. The van der Waals surface area contributed by atoms with Crippen LogP contribution < -0.4 is 0 Å². The van der Waals surface area contributed by atoms with Gasteiger partial charge in [0.2, 0.25) is 0 Å². The fourth-order valence-electron chi connectivity index (χ4n) is 1.05. The molecule has 0 aromatic carbocycles. The molecule has 0 aliphatic rings. The lowest BCUT2D eigenvalue weighted by molar-refractivity contribution is 1.00. The molecule has 0 saturated heterocycles. The standard InChI is InChI=1S/C7H7ClN4S/c1-3-4-5(12-11-3)6(8)10-7(9-4)13-2/h1-2H3,(H,11,12). The summed E-state index contributed by atoms with van der Waals surface area (Å²) in [5, 5.41) is 7.89. The highest BCUT2D eigenvalue weighted by molar-refractivity contribution is 7.98. The average molecular weight is 215 g/mol. The second-order valence-electron chi connectivity index (χ2n) is 2.55. The van der Waals surface area contributed by atoms with Crippen LogP contribution in [0.2, 0.25) is 5.15 Å². The van der Waals surface area contributed by atoms with E-state index >= 15 is 0 Å². The van der Waals surface area contributed by atoms with Gasteiger partial charge in [-0.05, 0) is 13.2 Å². The van der Waals surface area contributed by atoms with Gasteiger partial charge in [-0.3, -0.25) is 5.10 Å². The van der Waals surface area contributed by atoms with Crippen molar-refractivity contribution >= 4 is 34.4 Å². The highest BCUT2D eigenvalue weighted by Gasteiger charge is 2.09. The number of thioether (sulfide) groups is 1. The Bertz CT molecular complexity index is 453. The van der Waals surface area contributed by atoms with Crippen molar-refractivity contribution in [1.29, 1.82) is 0 Å². The molecular weight excluding hydrogens is 208 g/mol. The van der Waals surface area contributed by atoms with Crippen LogP contribution in [0.25, 0.3) is 11.0 Å². The first-order chi connectivity index (χ1) is 6.22. The van der Waals surface area contributed by atoms with Crippen LogP contribution in [0.3, 0.4) is 0 Å². The van der Waals surface area contributed by atoms with Gasteiger partial charge in [0.15, 0.2) is 10.3 Å². The molecule has 0 fully saturated rings. The maximum Gasteiger partial charge on any atom is 0.189 e. The molecule has 2 aromatic heterocycles. The monoisotopic (exact) mass is 214 g/mol. The van der Waals surface area contributed by atoms with Crippen molar-refractivity contribution in [1.82, 2.24) is 20.2 Å². The highest BCUT2D eigenvalue weighted by atomic mass is 35.5. The van der Waals surface area contributed by atoms with Crippen molar-refractivity contribution in [2.24, 2.45) is 0 Å². The third-order valence-electron chi connectivity index (χ3n) is 1.69. The van der Waals surface area contributed by atoms with Crippen molar-refractivity contribution in [3.05, 3.63) is 10.8 Å². The van der Waals surface area contributed by atoms with Crippen molar-refractivity contribution in [2.45, 2.75) is 12.1 Å². The first kappa shape index (κ1) is 8.77.